The number of ether oxygens (including phenoxy) is 1. The predicted octanol–water partition coefficient (Wildman–Crippen LogP) is 2.30. The van der Waals surface area contributed by atoms with Crippen LogP contribution >= 0.6 is 0 Å². The topological polar surface area (TPSA) is 85.7 Å². The molecule has 0 aliphatic carbocycles. The van der Waals surface area contributed by atoms with Crippen LogP contribution in [0.4, 0.5) is 0 Å². The van der Waals surface area contributed by atoms with Crippen LogP contribution in [-0.4, -0.2) is 16.2 Å². The Hall–Kier alpha value is -2.08. The van der Waals surface area contributed by atoms with Gasteiger partial charge in [0.05, 0.1) is 12.3 Å². The summed E-state index contributed by atoms with van der Waals surface area (Å²) in [6.07, 6.45) is 0. The Labute approximate surface area is 103 Å². The van der Waals surface area contributed by atoms with Gasteiger partial charge in [0.1, 0.15) is 18.1 Å². The first-order valence-electron chi connectivity index (χ1n) is 5.39. The lowest BCUT2D eigenvalue weighted by Crippen LogP contribution is -1.96. The van der Waals surface area contributed by atoms with E-state index < -0.39 is 5.97 Å². The normalized spacial score (nSPS) is 10.8. The van der Waals surface area contributed by atoms with Crippen LogP contribution < -0.4 is 0 Å². The monoisotopic (exact) mass is 251 g/mol. The van der Waals surface area contributed by atoms with E-state index in [0.717, 1.165) is 17.0 Å². The lowest BCUT2D eigenvalue weighted by atomic mass is 10.2. The lowest BCUT2D eigenvalue weighted by Gasteiger charge is -2.01. The van der Waals surface area contributed by atoms with Crippen molar-refractivity contribution in [2.45, 2.75) is 27.1 Å². The first-order valence-corrected chi connectivity index (χ1v) is 5.39. The van der Waals surface area contributed by atoms with Crippen molar-refractivity contribution >= 4 is 5.97 Å². The van der Waals surface area contributed by atoms with Crippen molar-refractivity contribution in [2.75, 3.05) is 0 Å². The number of aromatic nitrogens is 1. The van der Waals surface area contributed by atoms with E-state index in [-0.39, 0.29) is 12.4 Å². The summed E-state index contributed by atoms with van der Waals surface area (Å²) in [6.45, 7) is 4.21. The average molecular weight is 251 g/mol. The Bertz CT molecular complexity index is 535. The molecule has 0 bridgehead atoms. The number of carboxylic acid groups (broad SMARTS) is 1. The second kappa shape index (κ2) is 5.05. The Kier molecular flexibility index (Phi) is 3.47. The summed E-state index contributed by atoms with van der Waals surface area (Å²) in [5.41, 5.74) is 1.69. The first kappa shape index (κ1) is 12.4. The highest BCUT2D eigenvalue weighted by molar-refractivity contribution is 5.84. The Balaban J connectivity index is 1.90. The van der Waals surface area contributed by atoms with Gasteiger partial charge in [-0.2, -0.15) is 0 Å². The number of rotatable bonds is 5. The summed E-state index contributed by atoms with van der Waals surface area (Å²) in [6, 6.07) is 2.98. The molecule has 0 aliphatic rings. The molecule has 2 aromatic heterocycles. The highest BCUT2D eigenvalue weighted by Crippen LogP contribution is 2.15. The van der Waals surface area contributed by atoms with Crippen molar-refractivity contribution in [1.82, 2.24) is 5.16 Å². The molecule has 2 heterocycles. The SMILES string of the molecule is Cc1noc(C)c1COCc1ccc(C(=O)O)o1. The van der Waals surface area contributed by atoms with E-state index in [9.17, 15) is 4.79 Å². The number of hydrogen-bond acceptors (Lipinski definition) is 5. The van der Waals surface area contributed by atoms with Crippen molar-refractivity contribution in [3.63, 3.8) is 0 Å². The van der Waals surface area contributed by atoms with Crippen molar-refractivity contribution in [2.24, 2.45) is 0 Å². The third-order valence-corrected chi connectivity index (χ3v) is 2.54. The molecule has 6 heteroatoms. The van der Waals surface area contributed by atoms with Gasteiger partial charge in [0.15, 0.2) is 0 Å². The fraction of sp³-hybridized carbons (Fsp3) is 0.333. The first-order chi connectivity index (χ1) is 8.58. The van der Waals surface area contributed by atoms with Crippen molar-refractivity contribution in [3.05, 3.63) is 40.7 Å². The van der Waals surface area contributed by atoms with Gasteiger partial charge in [-0.3, -0.25) is 0 Å². The molecule has 96 valence electrons. The maximum atomic E-state index is 10.6. The quantitative estimate of drug-likeness (QED) is 0.877. The third-order valence-electron chi connectivity index (χ3n) is 2.54. The van der Waals surface area contributed by atoms with Gasteiger partial charge in [-0.05, 0) is 26.0 Å². The van der Waals surface area contributed by atoms with Crippen LogP contribution in [0.25, 0.3) is 0 Å². The van der Waals surface area contributed by atoms with Crippen LogP contribution in [0.3, 0.4) is 0 Å². The zero-order valence-electron chi connectivity index (χ0n) is 10.1. The van der Waals surface area contributed by atoms with E-state index in [2.05, 4.69) is 5.16 Å². The Morgan fingerprint density at radius 3 is 2.72 bits per heavy atom. The van der Waals surface area contributed by atoms with Crippen LogP contribution in [0.1, 0.15) is 33.3 Å². The highest BCUT2D eigenvalue weighted by atomic mass is 16.5. The molecule has 0 saturated carbocycles. The van der Waals surface area contributed by atoms with E-state index in [1.165, 1.54) is 6.07 Å². The van der Waals surface area contributed by atoms with Gasteiger partial charge >= 0.3 is 5.97 Å². The molecule has 0 aliphatic heterocycles. The maximum Gasteiger partial charge on any atom is 0.371 e. The number of aromatic carboxylic acids is 1. The molecular formula is C12H13NO5. The molecule has 1 N–H and O–H groups in total. The van der Waals surface area contributed by atoms with Gasteiger partial charge < -0.3 is 18.8 Å². The van der Waals surface area contributed by atoms with Crippen LogP contribution in [0.2, 0.25) is 0 Å². The summed E-state index contributed by atoms with van der Waals surface area (Å²) >= 11 is 0. The minimum Gasteiger partial charge on any atom is -0.475 e. The van der Waals surface area contributed by atoms with E-state index in [1.54, 1.807) is 6.07 Å². The smallest absolute Gasteiger partial charge is 0.371 e. The standard InChI is InChI=1S/C12H13NO5/c1-7-10(8(2)18-13-7)6-16-5-9-3-4-11(17-9)12(14)15/h3-4H,5-6H2,1-2H3,(H,14,15). The van der Waals surface area contributed by atoms with Gasteiger partial charge in [-0.25, -0.2) is 4.79 Å². The molecule has 0 saturated heterocycles. The van der Waals surface area contributed by atoms with Gasteiger partial charge in [0.25, 0.3) is 0 Å². The van der Waals surface area contributed by atoms with E-state index in [0.29, 0.717) is 12.4 Å². The molecule has 2 aromatic rings. The molecule has 0 radical (unpaired) electrons. The van der Waals surface area contributed by atoms with E-state index >= 15 is 0 Å². The summed E-state index contributed by atoms with van der Waals surface area (Å²) in [4.78, 5) is 10.6. The fourth-order valence-corrected chi connectivity index (χ4v) is 1.53. The summed E-state index contributed by atoms with van der Waals surface area (Å²) < 4.78 is 15.5. The number of carbonyl (C=O) groups is 1. The molecule has 6 nitrogen and oxygen atoms in total. The fourth-order valence-electron chi connectivity index (χ4n) is 1.53. The van der Waals surface area contributed by atoms with Gasteiger partial charge in [-0.1, -0.05) is 5.16 Å². The molecule has 0 fully saturated rings. The molecule has 18 heavy (non-hydrogen) atoms. The van der Waals surface area contributed by atoms with Crippen LogP contribution in [0.5, 0.6) is 0 Å². The Morgan fingerprint density at radius 1 is 1.39 bits per heavy atom. The molecule has 2 rings (SSSR count). The number of nitrogens with zero attached hydrogens (tertiary/aromatic N) is 1. The molecule has 0 unspecified atom stereocenters. The average Bonchev–Trinajstić information content (AvgIpc) is 2.90. The van der Waals surface area contributed by atoms with Crippen molar-refractivity contribution in [3.8, 4) is 0 Å². The summed E-state index contributed by atoms with van der Waals surface area (Å²) in [7, 11) is 0. The number of aryl methyl sites for hydroxylation is 2. The van der Waals surface area contributed by atoms with Crippen molar-refractivity contribution < 1.29 is 23.6 Å². The predicted molar refractivity (Wildman–Crippen MR) is 60.1 cm³/mol. The second-order valence-corrected chi connectivity index (χ2v) is 3.87. The van der Waals surface area contributed by atoms with E-state index in [1.807, 2.05) is 13.8 Å². The molecule has 0 aromatic carbocycles. The molecule has 0 atom stereocenters. The minimum absolute atomic E-state index is 0.0917. The van der Waals surface area contributed by atoms with Gasteiger partial charge in [-0.15, -0.1) is 0 Å². The van der Waals surface area contributed by atoms with E-state index in [4.69, 9.17) is 18.8 Å². The zero-order chi connectivity index (χ0) is 13.1. The van der Waals surface area contributed by atoms with Crippen molar-refractivity contribution in [1.29, 1.82) is 0 Å². The number of furan rings is 1. The maximum absolute atomic E-state index is 10.6. The molecule has 0 spiro atoms. The third kappa shape index (κ3) is 2.60. The van der Waals surface area contributed by atoms with Crippen LogP contribution in [0, 0.1) is 13.8 Å². The summed E-state index contributed by atoms with van der Waals surface area (Å²) in [5.74, 6) is 0.00948. The number of hydrogen-bond donors (Lipinski definition) is 1. The largest absolute Gasteiger partial charge is 0.475 e. The van der Waals surface area contributed by atoms with Gasteiger partial charge in [0.2, 0.25) is 5.76 Å². The minimum atomic E-state index is -1.09. The molecular weight excluding hydrogens is 238 g/mol. The zero-order valence-corrected chi connectivity index (χ0v) is 10.1. The van der Waals surface area contributed by atoms with Gasteiger partial charge in [0, 0.05) is 5.56 Å². The van der Waals surface area contributed by atoms with Crippen LogP contribution in [-0.2, 0) is 18.0 Å². The highest BCUT2D eigenvalue weighted by Gasteiger charge is 2.11. The van der Waals surface area contributed by atoms with Crippen LogP contribution in [0.15, 0.2) is 21.1 Å². The summed E-state index contributed by atoms with van der Waals surface area (Å²) in [5, 5.41) is 12.5. The Morgan fingerprint density at radius 2 is 2.17 bits per heavy atom. The number of carboxylic acids is 1. The molecule has 0 amide bonds. The lowest BCUT2D eigenvalue weighted by molar-refractivity contribution is 0.0640. The second-order valence-electron chi connectivity index (χ2n) is 3.87.